The van der Waals surface area contributed by atoms with Crippen molar-refractivity contribution in [1.29, 1.82) is 0 Å². The van der Waals surface area contributed by atoms with Crippen LogP contribution in [-0.4, -0.2) is 29.7 Å². The zero-order valence-corrected chi connectivity index (χ0v) is 16.8. The second-order valence-electron chi connectivity index (χ2n) is 7.16. The van der Waals surface area contributed by atoms with Crippen molar-refractivity contribution >= 4 is 27.9 Å². The van der Waals surface area contributed by atoms with Gasteiger partial charge in [-0.2, -0.15) is 39.5 Å². The number of allylic oxidation sites excluding steroid dienone is 1. The standard InChI is InChI=1S/C23H14F9NO/c24-20(25,21(26,27)22(28,29)23(30,31)32)19(34)13-18(15-8-2-1-3-9-15)33-17-12-6-10-14-7-4-5-11-16(14)17/h1-13,33H. The summed E-state index contributed by atoms with van der Waals surface area (Å²) in [4.78, 5) is 12.1. The number of anilines is 1. The van der Waals surface area contributed by atoms with E-state index >= 15 is 0 Å². The van der Waals surface area contributed by atoms with Gasteiger partial charge in [0.15, 0.2) is 0 Å². The smallest absolute Gasteiger partial charge is 0.354 e. The van der Waals surface area contributed by atoms with Crippen LogP contribution in [0.2, 0.25) is 0 Å². The maximum atomic E-state index is 14.1. The molecule has 0 aliphatic rings. The molecule has 2 nitrogen and oxygen atoms in total. The Morgan fingerprint density at radius 3 is 1.85 bits per heavy atom. The molecule has 0 radical (unpaired) electrons. The molecule has 0 unspecified atom stereocenters. The fourth-order valence-electron chi connectivity index (χ4n) is 3.04. The van der Waals surface area contributed by atoms with Crippen LogP contribution in [-0.2, 0) is 4.79 Å². The Bertz CT molecular complexity index is 1210. The summed E-state index contributed by atoms with van der Waals surface area (Å²) in [6, 6.07) is 18.3. The Hall–Kier alpha value is -3.50. The molecule has 0 fully saturated rings. The van der Waals surface area contributed by atoms with Crippen LogP contribution < -0.4 is 5.32 Å². The summed E-state index contributed by atoms with van der Waals surface area (Å²) in [5, 5.41) is 3.82. The van der Waals surface area contributed by atoms with E-state index in [0.717, 1.165) is 0 Å². The number of halogens is 9. The maximum Gasteiger partial charge on any atom is 0.460 e. The Balaban J connectivity index is 2.09. The Labute approximate surface area is 186 Å². The second kappa shape index (κ2) is 8.69. The second-order valence-corrected chi connectivity index (χ2v) is 7.16. The molecule has 0 saturated carbocycles. The van der Waals surface area contributed by atoms with E-state index < -0.39 is 35.4 Å². The number of carbonyl (C=O) groups is 1. The van der Waals surface area contributed by atoms with Crippen molar-refractivity contribution in [2.75, 3.05) is 5.32 Å². The number of rotatable bonds is 7. The number of hydrogen-bond donors (Lipinski definition) is 1. The summed E-state index contributed by atoms with van der Waals surface area (Å²) in [5.74, 6) is -23.5. The quantitative estimate of drug-likeness (QED) is 0.277. The summed E-state index contributed by atoms with van der Waals surface area (Å²) in [6.07, 6.45) is -7.13. The molecular formula is C23H14F9NO. The summed E-state index contributed by atoms with van der Waals surface area (Å²) in [6.45, 7) is 0. The van der Waals surface area contributed by atoms with Crippen LogP contribution in [0.4, 0.5) is 45.2 Å². The molecule has 0 aliphatic carbocycles. The number of fused-ring (bicyclic) bond motifs is 1. The van der Waals surface area contributed by atoms with Gasteiger partial charge in [-0.15, -0.1) is 0 Å². The van der Waals surface area contributed by atoms with Gasteiger partial charge >= 0.3 is 23.9 Å². The zero-order chi connectivity index (χ0) is 25.4. The van der Waals surface area contributed by atoms with Gasteiger partial charge in [0.1, 0.15) is 0 Å². The molecule has 3 aromatic rings. The number of nitrogens with one attached hydrogen (secondary N) is 1. The first-order valence-corrected chi connectivity index (χ1v) is 9.46. The normalized spacial score (nSPS) is 13.7. The summed E-state index contributed by atoms with van der Waals surface area (Å²) in [5.41, 5.74) is -0.282. The topological polar surface area (TPSA) is 29.1 Å². The Kier molecular flexibility index (Phi) is 6.43. The van der Waals surface area contributed by atoms with Crippen LogP contribution in [0, 0.1) is 0 Å². The maximum absolute atomic E-state index is 14.1. The third-order valence-electron chi connectivity index (χ3n) is 4.87. The highest BCUT2D eigenvalue weighted by atomic mass is 19.4. The summed E-state index contributed by atoms with van der Waals surface area (Å²) in [7, 11) is 0. The largest absolute Gasteiger partial charge is 0.460 e. The predicted molar refractivity (Wildman–Crippen MR) is 108 cm³/mol. The number of hydrogen-bond acceptors (Lipinski definition) is 2. The van der Waals surface area contributed by atoms with Gasteiger partial charge in [-0.1, -0.05) is 66.7 Å². The lowest BCUT2D eigenvalue weighted by Crippen LogP contribution is -2.63. The van der Waals surface area contributed by atoms with Crippen molar-refractivity contribution < 1.29 is 44.3 Å². The molecule has 3 rings (SSSR count). The molecule has 0 aliphatic heterocycles. The molecule has 0 saturated heterocycles. The fourth-order valence-corrected chi connectivity index (χ4v) is 3.04. The first kappa shape index (κ1) is 25.1. The van der Waals surface area contributed by atoms with Crippen LogP contribution in [0.5, 0.6) is 0 Å². The number of benzene rings is 3. The van der Waals surface area contributed by atoms with Crippen molar-refractivity contribution in [2.45, 2.75) is 23.9 Å². The molecule has 0 atom stereocenters. The van der Waals surface area contributed by atoms with E-state index in [-0.39, 0.29) is 17.3 Å². The van der Waals surface area contributed by atoms with Gasteiger partial charge in [-0.25, -0.2) is 0 Å². The predicted octanol–water partition coefficient (Wildman–Crippen LogP) is 7.33. The molecule has 34 heavy (non-hydrogen) atoms. The lowest BCUT2D eigenvalue weighted by atomic mass is 9.98. The van der Waals surface area contributed by atoms with E-state index in [9.17, 15) is 44.3 Å². The number of alkyl halides is 9. The molecular weight excluding hydrogens is 477 g/mol. The van der Waals surface area contributed by atoms with Crippen LogP contribution in [0.1, 0.15) is 5.56 Å². The summed E-state index contributed by atoms with van der Waals surface area (Å²) >= 11 is 0. The number of ketones is 1. The molecule has 0 heterocycles. The van der Waals surface area contributed by atoms with Gasteiger partial charge in [-0.05, 0) is 17.0 Å². The molecule has 3 aromatic carbocycles. The Morgan fingerprint density at radius 1 is 0.676 bits per heavy atom. The van der Waals surface area contributed by atoms with Crippen molar-refractivity contribution in [3.8, 4) is 0 Å². The monoisotopic (exact) mass is 491 g/mol. The van der Waals surface area contributed by atoms with Crippen molar-refractivity contribution in [3.63, 3.8) is 0 Å². The van der Waals surface area contributed by atoms with E-state index in [0.29, 0.717) is 10.8 Å². The van der Waals surface area contributed by atoms with E-state index in [1.807, 2.05) is 0 Å². The molecule has 1 N–H and O–H groups in total. The lowest BCUT2D eigenvalue weighted by Gasteiger charge is -2.32. The minimum atomic E-state index is -7.16. The third-order valence-corrected chi connectivity index (χ3v) is 4.87. The average molecular weight is 491 g/mol. The zero-order valence-electron chi connectivity index (χ0n) is 16.8. The van der Waals surface area contributed by atoms with Crippen molar-refractivity contribution in [3.05, 3.63) is 84.4 Å². The highest BCUT2D eigenvalue weighted by molar-refractivity contribution is 6.05. The fraction of sp³-hybridized carbons (Fsp3) is 0.174. The number of carbonyl (C=O) groups excluding carboxylic acids is 1. The SMILES string of the molecule is O=C(C=C(Nc1cccc2ccccc12)c1ccccc1)C(F)(F)C(F)(F)C(F)(F)C(F)(F)F. The molecule has 0 bridgehead atoms. The highest BCUT2D eigenvalue weighted by Gasteiger charge is 2.83. The first-order chi connectivity index (χ1) is 15.7. The molecule has 0 amide bonds. The average Bonchev–Trinajstić information content (AvgIpc) is 2.78. The first-order valence-electron chi connectivity index (χ1n) is 9.46. The third kappa shape index (κ3) is 4.34. The van der Waals surface area contributed by atoms with Crippen LogP contribution in [0.25, 0.3) is 16.5 Å². The Morgan fingerprint density at radius 2 is 1.24 bits per heavy atom. The van der Waals surface area contributed by atoms with Crippen LogP contribution in [0.3, 0.4) is 0 Å². The lowest BCUT2D eigenvalue weighted by molar-refractivity contribution is -0.387. The minimum Gasteiger partial charge on any atom is -0.354 e. The van der Waals surface area contributed by atoms with Crippen molar-refractivity contribution in [2.24, 2.45) is 0 Å². The van der Waals surface area contributed by atoms with Gasteiger partial charge in [-0.3, -0.25) is 4.79 Å². The highest BCUT2D eigenvalue weighted by Crippen LogP contribution is 2.53. The van der Waals surface area contributed by atoms with Crippen LogP contribution >= 0.6 is 0 Å². The van der Waals surface area contributed by atoms with Gasteiger partial charge in [0.05, 0.1) is 0 Å². The van der Waals surface area contributed by atoms with Crippen molar-refractivity contribution in [1.82, 2.24) is 0 Å². The van der Waals surface area contributed by atoms with Crippen LogP contribution in [0.15, 0.2) is 78.9 Å². The van der Waals surface area contributed by atoms with E-state index in [2.05, 4.69) is 5.32 Å². The minimum absolute atomic E-state index is 0.00508. The molecule has 0 aromatic heterocycles. The molecule has 180 valence electrons. The van der Waals surface area contributed by atoms with Gasteiger partial charge in [0, 0.05) is 22.8 Å². The molecule has 11 heteroatoms. The van der Waals surface area contributed by atoms with Gasteiger partial charge in [0.25, 0.3) is 0 Å². The summed E-state index contributed by atoms with van der Waals surface area (Å²) < 4.78 is 119. The molecule has 0 spiro atoms. The van der Waals surface area contributed by atoms with Gasteiger partial charge in [0.2, 0.25) is 5.78 Å². The van der Waals surface area contributed by atoms with Gasteiger partial charge < -0.3 is 5.32 Å². The van der Waals surface area contributed by atoms with E-state index in [1.165, 1.54) is 36.4 Å². The van der Waals surface area contributed by atoms with E-state index in [4.69, 9.17) is 0 Å². The van der Waals surface area contributed by atoms with E-state index in [1.54, 1.807) is 36.4 Å².